The summed E-state index contributed by atoms with van der Waals surface area (Å²) in [6, 6.07) is 3.93. The molecule has 0 saturated carbocycles. The maximum atomic E-state index is 13.6. The second-order valence-corrected chi connectivity index (χ2v) is 11.8. The first kappa shape index (κ1) is 25.2. The Morgan fingerprint density at radius 1 is 1.15 bits per heavy atom. The van der Waals surface area contributed by atoms with E-state index in [2.05, 4.69) is 13.8 Å². The number of ether oxygens (including phenoxy) is 2. The highest BCUT2D eigenvalue weighted by molar-refractivity contribution is 6.63. The molecule has 8 heteroatoms. The fourth-order valence-corrected chi connectivity index (χ4v) is 4.63. The molecule has 0 bridgehead atoms. The first-order chi connectivity index (χ1) is 15.7. The minimum Gasteiger partial charge on any atom is -0.443 e. The van der Waals surface area contributed by atoms with Gasteiger partial charge in [0.2, 0.25) is 0 Å². The summed E-state index contributed by atoms with van der Waals surface area (Å²) in [6.07, 6.45) is 2.67. The van der Waals surface area contributed by atoms with E-state index in [1.54, 1.807) is 4.57 Å². The molecule has 34 heavy (non-hydrogen) atoms. The number of hydrogen-bond acceptors (Lipinski definition) is 6. The van der Waals surface area contributed by atoms with Crippen molar-refractivity contribution in [2.75, 3.05) is 6.61 Å². The lowest BCUT2D eigenvalue weighted by atomic mass is 9.78. The van der Waals surface area contributed by atoms with Crippen molar-refractivity contribution in [1.82, 2.24) is 9.55 Å². The van der Waals surface area contributed by atoms with Gasteiger partial charge in [0, 0.05) is 6.61 Å². The Hall–Kier alpha value is -1.90. The van der Waals surface area contributed by atoms with Gasteiger partial charge in [0.1, 0.15) is 5.60 Å². The molecule has 2 fully saturated rings. The molecule has 4 rings (SSSR count). The van der Waals surface area contributed by atoms with Crippen LogP contribution in [0.5, 0.6) is 0 Å². The van der Waals surface area contributed by atoms with E-state index in [9.17, 15) is 4.79 Å². The van der Waals surface area contributed by atoms with Crippen LogP contribution >= 0.6 is 0 Å². The molecule has 2 aromatic heterocycles. The van der Waals surface area contributed by atoms with Crippen LogP contribution in [-0.4, -0.2) is 46.2 Å². The predicted octanol–water partition coefficient (Wildman–Crippen LogP) is 5.48. The second-order valence-electron chi connectivity index (χ2n) is 11.8. The van der Waals surface area contributed by atoms with Crippen molar-refractivity contribution >= 4 is 29.8 Å². The number of carbonyl (C=O) groups excluding carboxylic acids is 1. The van der Waals surface area contributed by atoms with Crippen LogP contribution in [0.1, 0.15) is 105 Å². The van der Waals surface area contributed by atoms with Gasteiger partial charge in [-0.1, -0.05) is 13.8 Å². The van der Waals surface area contributed by atoms with Crippen molar-refractivity contribution in [3.8, 4) is 0 Å². The molecule has 2 aliphatic heterocycles. The third-order valence-electron chi connectivity index (χ3n) is 7.05. The third-order valence-corrected chi connectivity index (χ3v) is 7.05. The minimum absolute atomic E-state index is 0.0247. The van der Waals surface area contributed by atoms with Crippen LogP contribution in [0.3, 0.4) is 0 Å². The second kappa shape index (κ2) is 8.64. The van der Waals surface area contributed by atoms with Gasteiger partial charge in [-0.3, -0.25) is 4.57 Å². The quantitative estimate of drug-likeness (QED) is 0.553. The van der Waals surface area contributed by atoms with Crippen LogP contribution in [0, 0.1) is 0 Å². The molecule has 1 unspecified atom stereocenters. The average Bonchev–Trinajstić information content (AvgIpc) is 3.17. The van der Waals surface area contributed by atoms with E-state index >= 15 is 0 Å². The van der Waals surface area contributed by atoms with E-state index < -0.39 is 30.0 Å². The summed E-state index contributed by atoms with van der Waals surface area (Å²) in [7, 11) is -0.724. The highest BCUT2D eigenvalue weighted by Crippen LogP contribution is 2.39. The largest absolute Gasteiger partial charge is 0.513 e. The Balaban J connectivity index is 1.94. The molecule has 0 amide bonds. The van der Waals surface area contributed by atoms with Gasteiger partial charge in [0.15, 0.2) is 0 Å². The Labute approximate surface area is 203 Å². The van der Waals surface area contributed by atoms with Crippen LogP contribution < -0.4 is 5.59 Å². The van der Waals surface area contributed by atoms with Crippen molar-refractivity contribution in [3.63, 3.8) is 0 Å². The molecule has 0 spiro atoms. The molecule has 1 atom stereocenters. The molecular formula is C26H39BN2O5. The normalized spacial score (nSPS) is 22.5. The molecule has 0 radical (unpaired) electrons. The molecule has 7 nitrogen and oxygen atoms in total. The Bertz CT molecular complexity index is 1060. The summed E-state index contributed by atoms with van der Waals surface area (Å²) in [6.45, 7) is 18.6. The minimum atomic E-state index is -0.724. The molecule has 4 heterocycles. The van der Waals surface area contributed by atoms with Gasteiger partial charge in [0.25, 0.3) is 0 Å². The van der Waals surface area contributed by atoms with Gasteiger partial charge in [-0.15, -0.1) is 0 Å². The summed E-state index contributed by atoms with van der Waals surface area (Å²) >= 11 is 0. The van der Waals surface area contributed by atoms with Crippen molar-refractivity contribution < 1.29 is 23.6 Å². The van der Waals surface area contributed by atoms with Crippen molar-refractivity contribution in [2.45, 2.75) is 110 Å². The van der Waals surface area contributed by atoms with Gasteiger partial charge in [-0.05, 0) is 91.3 Å². The topological polar surface area (TPSA) is 71.8 Å². The summed E-state index contributed by atoms with van der Waals surface area (Å²) in [4.78, 5) is 18.6. The van der Waals surface area contributed by atoms with E-state index in [0.29, 0.717) is 11.1 Å². The molecule has 2 aliphatic rings. The zero-order valence-corrected chi connectivity index (χ0v) is 22.2. The van der Waals surface area contributed by atoms with Gasteiger partial charge in [-0.2, -0.15) is 0 Å². The molecule has 0 aliphatic carbocycles. The van der Waals surface area contributed by atoms with E-state index in [1.807, 2.05) is 60.6 Å². The van der Waals surface area contributed by atoms with Crippen molar-refractivity contribution in [1.29, 1.82) is 0 Å². The lowest BCUT2D eigenvalue weighted by Crippen LogP contribution is -2.44. The van der Waals surface area contributed by atoms with Crippen molar-refractivity contribution in [3.05, 3.63) is 23.4 Å². The monoisotopic (exact) mass is 470 g/mol. The summed E-state index contributed by atoms with van der Waals surface area (Å²) in [5, 5.41) is 0. The average molecular weight is 470 g/mol. The standard InChI is InChI=1S/C26H39BN2O5/c1-16(2)20-21-18(14-13-17(28-21)19-12-10-11-15-31-19)29(23(30)32-24(3,4)5)22(20)27-33-25(6,7)26(8,9)34-27/h13-14,16,19H,10-12,15H2,1-9H3. The van der Waals surface area contributed by atoms with Crippen LogP contribution in [0.4, 0.5) is 4.79 Å². The fraction of sp³-hybridized carbons (Fsp3) is 0.692. The first-order valence-corrected chi connectivity index (χ1v) is 12.5. The number of nitrogens with zero attached hydrogens (tertiary/aromatic N) is 2. The van der Waals surface area contributed by atoms with E-state index in [1.165, 1.54) is 0 Å². The highest BCUT2D eigenvalue weighted by Gasteiger charge is 2.54. The third kappa shape index (κ3) is 4.52. The highest BCUT2D eigenvalue weighted by atomic mass is 16.7. The number of fused-ring (bicyclic) bond motifs is 1. The van der Waals surface area contributed by atoms with Crippen LogP contribution in [-0.2, 0) is 18.8 Å². The zero-order valence-electron chi connectivity index (χ0n) is 22.2. The molecule has 186 valence electrons. The van der Waals surface area contributed by atoms with Crippen LogP contribution in [0.15, 0.2) is 12.1 Å². The van der Waals surface area contributed by atoms with Crippen molar-refractivity contribution in [2.24, 2.45) is 0 Å². The number of hydrogen-bond donors (Lipinski definition) is 0. The molecule has 0 aromatic carbocycles. The summed E-state index contributed by atoms with van der Waals surface area (Å²) in [5.74, 6) is 0.0789. The molecule has 2 aromatic rings. The number of aromatic nitrogens is 2. The summed E-state index contributed by atoms with van der Waals surface area (Å²) < 4.78 is 26.3. The van der Waals surface area contributed by atoms with Gasteiger partial charge < -0.3 is 18.8 Å². The predicted molar refractivity (Wildman–Crippen MR) is 134 cm³/mol. The van der Waals surface area contributed by atoms with Gasteiger partial charge in [-0.25, -0.2) is 9.78 Å². The van der Waals surface area contributed by atoms with E-state index in [-0.39, 0.29) is 12.0 Å². The SMILES string of the molecule is CC(C)c1c(B2OC(C)(C)C(C)(C)O2)n(C(=O)OC(C)(C)C)c2ccc(C3CCCCO3)nc12. The zero-order chi connectivity index (χ0) is 25.1. The first-order valence-electron chi connectivity index (χ1n) is 12.5. The lowest BCUT2D eigenvalue weighted by Gasteiger charge is -2.32. The molecule has 0 N–H and O–H groups in total. The smallest absolute Gasteiger partial charge is 0.443 e. The number of carbonyl (C=O) groups is 1. The van der Waals surface area contributed by atoms with E-state index in [0.717, 1.165) is 42.6 Å². The molecule has 2 saturated heterocycles. The molecular weight excluding hydrogens is 431 g/mol. The van der Waals surface area contributed by atoms with Crippen LogP contribution in [0.25, 0.3) is 11.0 Å². The van der Waals surface area contributed by atoms with E-state index in [4.69, 9.17) is 23.8 Å². The van der Waals surface area contributed by atoms with Gasteiger partial charge >= 0.3 is 13.2 Å². The maximum Gasteiger partial charge on any atom is 0.513 e. The fourth-order valence-electron chi connectivity index (χ4n) is 4.63. The maximum absolute atomic E-state index is 13.6. The van der Waals surface area contributed by atoms with Crippen LogP contribution in [0.2, 0.25) is 0 Å². The Morgan fingerprint density at radius 2 is 1.79 bits per heavy atom. The number of pyridine rings is 1. The summed E-state index contributed by atoms with van der Waals surface area (Å²) in [5.41, 5.74) is 2.23. The Morgan fingerprint density at radius 3 is 2.32 bits per heavy atom. The Kier molecular flexibility index (Phi) is 6.41. The van der Waals surface area contributed by atoms with Gasteiger partial charge in [0.05, 0.1) is 39.6 Å². The number of rotatable bonds is 3. The lowest BCUT2D eigenvalue weighted by molar-refractivity contribution is 0.00578.